The smallest absolute Gasteiger partial charge is 0.349 e. The van der Waals surface area contributed by atoms with Gasteiger partial charge >= 0.3 is 5.97 Å². The minimum atomic E-state index is -0.564. The number of hydrogen-bond donors (Lipinski definition) is 0. The Morgan fingerprint density at radius 3 is 2.38 bits per heavy atom. The molecular formula is C28H26O6. The second-order valence-electron chi connectivity index (χ2n) is 8.47. The van der Waals surface area contributed by atoms with Crippen LogP contribution >= 0.6 is 0 Å². The van der Waals surface area contributed by atoms with Gasteiger partial charge < -0.3 is 18.6 Å². The van der Waals surface area contributed by atoms with Crippen molar-refractivity contribution in [2.45, 2.75) is 33.6 Å². The van der Waals surface area contributed by atoms with Gasteiger partial charge in [0.25, 0.3) is 0 Å². The molecule has 0 radical (unpaired) electrons. The highest BCUT2D eigenvalue weighted by Gasteiger charge is 2.14. The highest BCUT2D eigenvalue weighted by molar-refractivity contribution is 5.81. The van der Waals surface area contributed by atoms with Gasteiger partial charge in [0.2, 0.25) is 11.2 Å². The van der Waals surface area contributed by atoms with E-state index < -0.39 is 5.97 Å². The van der Waals surface area contributed by atoms with Crippen LogP contribution in [0.3, 0.4) is 0 Å². The SMILES string of the molecule is Cc1cc(C)cc(OCC(=O)Oc2ccc3c(=O)c(Oc4ccccc4C(C)C)coc3c2)c1. The third kappa shape index (κ3) is 5.29. The van der Waals surface area contributed by atoms with Crippen LogP contribution in [0.4, 0.5) is 0 Å². The first-order valence-electron chi connectivity index (χ1n) is 11.0. The fourth-order valence-corrected chi connectivity index (χ4v) is 3.71. The summed E-state index contributed by atoms with van der Waals surface area (Å²) in [5.74, 6) is 1.23. The van der Waals surface area contributed by atoms with Crippen molar-refractivity contribution < 1.29 is 23.4 Å². The van der Waals surface area contributed by atoms with Gasteiger partial charge in [0.1, 0.15) is 29.1 Å². The van der Waals surface area contributed by atoms with E-state index >= 15 is 0 Å². The van der Waals surface area contributed by atoms with E-state index in [4.69, 9.17) is 18.6 Å². The summed E-state index contributed by atoms with van der Waals surface area (Å²) in [6.45, 7) is 7.79. The van der Waals surface area contributed by atoms with Crippen LogP contribution in [0.15, 0.2) is 76.1 Å². The van der Waals surface area contributed by atoms with E-state index in [1.165, 1.54) is 12.3 Å². The number of aryl methyl sites for hydroxylation is 2. The number of esters is 1. The third-order valence-electron chi connectivity index (χ3n) is 5.26. The molecule has 0 amide bonds. The molecule has 174 valence electrons. The summed E-state index contributed by atoms with van der Waals surface area (Å²) in [7, 11) is 0. The van der Waals surface area contributed by atoms with Gasteiger partial charge in [-0.2, -0.15) is 0 Å². The maximum atomic E-state index is 12.9. The van der Waals surface area contributed by atoms with Crippen LogP contribution in [0.5, 0.6) is 23.0 Å². The predicted molar refractivity (Wildman–Crippen MR) is 130 cm³/mol. The van der Waals surface area contributed by atoms with Crippen molar-refractivity contribution in [2.24, 2.45) is 0 Å². The zero-order chi connectivity index (χ0) is 24.2. The van der Waals surface area contributed by atoms with Gasteiger partial charge in [-0.15, -0.1) is 0 Å². The molecule has 0 fully saturated rings. The molecule has 0 saturated heterocycles. The molecule has 0 N–H and O–H groups in total. The molecular weight excluding hydrogens is 432 g/mol. The largest absolute Gasteiger partial charge is 0.482 e. The summed E-state index contributed by atoms with van der Waals surface area (Å²) in [4.78, 5) is 25.2. The second-order valence-corrected chi connectivity index (χ2v) is 8.47. The molecule has 6 nitrogen and oxygen atoms in total. The normalized spacial score (nSPS) is 11.0. The number of carbonyl (C=O) groups is 1. The van der Waals surface area contributed by atoms with Crippen LogP contribution in [-0.4, -0.2) is 12.6 Å². The summed E-state index contributed by atoms with van der Waals surface area (Å²) >= 11 is 0. The Morgan fingerprint density at radius 1 is 0.912 bits per heavy atom. The number of para-hydroxylation sites is 1. The first kappa shape index (κ1) is 23.1. The molecule has 0 aliphatic heterocycles. The maximum absolute atomic E-state index is 12.9. The molecule has 4 rings (SSSR count). The molecule has 6 heteroatoms. The lowest BCUT2D eigenvalue weighted by Crippen LogP contribution is -2.17. The molecule has 3 aromatic carbocycles. The number of fused-ring (bicyclic) bond motifs is 1. The Kier molecular flexibility index (Phi) is 6.68. The summed E-state index contributed by atoms with van der Waals surface area (Å²) in [5.41, 5.74) is 3.06. The van der Waals surface area contributed by atoms with Crippen molar-refractivity contribution in [1.82, 2.24) is 0 Å². The van der Waals surface area contributed by atoms with E-state index in [-0.39, 0.29) is 35.0 Å². The standard InChI is InChI=1S/C28H26O6/c1-17(2)22-7-5-6-8-24(22)34-26-15-32-25-14-20(9-10-23(25)28(26)30)33-27(29)16-31-21-12-18(3)11-19(4)13-21/h5-15,17H,16H2,1-4H3. The minimum absolute atomic E-state index is 0.0900. The van der Waals surface area contributed by atoms with E-state index in [9.17, 15) is 9.59 Å². The fourth-order valence-electron chi connectivity index (χ4n) is 3.71. The number of carbonyl (C=O) groups excluding carboxylic acids is 1. The molecule has 34 heavy (non-hydrogen) atoms. The highest BCUT2D eigenvalue weighted by atomic mass is 16.6. The van der Waals surface area contributed by atoms with Gasteiger partial charge in [-0.25, -0.2) is 4.79 Å². The van der Waals surface area contributed by atoms with Crippen molar-refractivity contribution in [3.8, 4) is 23.0 Å². The molecule has 0 unspecified atom stereocenters. The van der Waals surface area contributed by atoms with Crippen LogP contribution in [-0.2, 0) is 4.79 Å². The molecule has 4 aromatic rings. The lowest BCUT2D eigenvalue weighted by Gasteiger charge is -2.13. The van der Waals surface area contributed by atoms with Gasteiger partial charge in [0.05, 0.1) is 5.39 Å². The Bertz CT molecular complexity index is 1380. The Labute approximate surface area is 197 Å². The molecule has 0 spiro atoms. The number of rotatable bonds is 7. The van der Waals surface area contributed by atoms with Crippen LogP contribution in [0.2, 0.25) is 0 Å². The van der Waals surface area contributed by atoms with Gasteiger partial charge in [0.15, 0.2) is 6.61 Å². The van der Waals surface area contributed by atoms with Crippen molar-refractivity contribution in [2.75, 3.05) is 6.61 Å². The lowest BCUT2D eigenvalue weighted by atomic mass is 10.0. The first-order valence-corrected chi connectivity index (χ1v) is 11.0. The van der Waals surface area contributed by atoms with Crippen LogP contribution in [0.25, 0.3) is 11.0 Å². The Morgan fingerprint density at radius 2 is 1.65 bits per heavy atom. The average molecular weight is 459 g/mol. The Balaban J connectivity index is 1.48. The van der Waals surface area contributed by atoms with Gasteiger partial charge in [-0.3, -0.25) is 4.79 Å². The van der Waals surface area contributed by atoms with Crippen LogP contribution in [0.1, 0.15) is 36.5 Å². The van der Waals surface area contributed by atoms with E-state index in [0.717, 1.165) is 16.7 Å². The minimum Gasteiger partial charge on any atom is -0.482 e. The predicted octanol–water partition coefficient (Wildman–Crippen LogP) is 6.31. The van der Waals surface area contributed by atoms with Crippen molar-refractivity contribution in [1.29, 1.82) is 0 Å². The third-order valence-corrected chi connectivity index (χ3v) is 5.26. The van der Waals surface area contributed by atoms with Crippen molar-refractivity contribution >= 4 is 16.9 Å². The monoisotopic (exact) mass is 458 g/mol. The van der Waals surface area contributed by atoms with Crippen molar-refractivity contribution in [3.63, 3.8) is 0 Å². The lowest BCUT2D eigenvalue weighted by molar-refractivity contribution is -0.136. The number of ether oxygens (including phenoxy) is 3. The first-order chi connectivity index (χ1) is 16.3. The highest BCUT2D eigenvalue weighted by Crippen LogP contribution is 2.30. The zero-order valence-electron chi connectivity index (χ0n) is 19.6. The van der Waals surface area contributed by atoms with E-state index in [2.05, 4.69) is 13.8 Å². The van der Waals surface area contributed by atoms with Gasteiger partial charge in [-0.1, -0.05) is 38.1 Å². The van der Waals surface area contributed by atoms with E-state index in [1.807, 2.05) is 56.3 Å². The fraction of sp³-hybridized carbons (Fsp3) is 0.214. The maximum Gasteiger partial charge on any atom is 0.349 e. The summed E-state index contributed by atoms with van der Waals surface area (Å²) in [5, 5.41) is 0.325. The molecule has 0 bridgehead atoms. The molecule has 1 heterocycles. The second kappa shape index (κ2) is 9.83. The summed E-state index contributed by atoms with van der Waals surface area (Å²) in [6, 6.07) is 17.9. The molecule has 0 aliphatic carbocycles. The Hall–Kier alpha value is -4.06. The number of benzene rings is 3. The molecule has 0 aliphatic rings. The molecule has 1 aromatic heterocycles. The number of hydrogen-bond acceptors (Lipinski definition) is 6. The van der Waals surface area contributed by atoms with Crippen LogP contribution < -0.4 is 19.6 Å². The van der Waals surface area contributed by atoms with E-state index in [0.29, 0.717) is 16.9 Å². The summed E-state index contributed by atoms with van der Waals surface area (Å²) < 4.78 is 22.4. The van der Waals surface area contributed by atoms with Gasteiger partial charge in [-0.05, 0) is 66.8 Å². The topological polar surface area (TPSA) is 75.0 Å². The van der Waals surface area contributed by atoms with Crippen LogP contribution in [0, 0.1) is 13.8 Å². The van der Waals surface area contributed by atoms with E-state index in [1.54, 1.807) is 12.1 Å². The summed E-state index contributed by atoms with van der Waals surface area (Å²) in [6.07, 6.45) is 1.27. The molecule has 0 atom stereocenters. The molecule has 0 saturated carbocycles. The van der Waals surface area contributed by atoms with Gasteiger partial charge in [0, 0.05) is 6.07 Å². The average Bonchev–Trinajstić information content (AvgIpc) is 2.79. The zero-order valence-corrected chi connectivity index (χ0v) is 19.6. The quantitative estimate of drug-likeness (QED) is 0.239. The van der Waals surface area contributed by atoms with Crippen molar-refractivity contribution in [3.05, 3.63) is 93.8 Å².